The van der Waals surface area contributed by atoms with Gasteiger partial charge in [-0.05, 0) is 61.7 Å². The van der Waals surface area contributed by atoms with Gasteiger partial charge < -0.3 is 15.0 Å². The Hall–Kier alpha value is -2.49. The van der Waals surface area contributed by atoms with E-state index in [2.05, 4.69) is 10.2 Å². The average molecular weight is 310 g/mol. The van der Waals surface area contributed by atoms with Crippen molar-refractivity contribution in [3.8, 4) is 5.75 Å². The number of methoxy groups -OCH3 is 1. The quantitative estimate of drug-likeness (QED) is 0.932. The zero-order valence-corrected chi connectivity index (χ0v) is 13.6. The zero-order valence-electron chi connectivity index (χ0n) is 13.6. The molecule has 2 aromatic carbocycles. The van der Waals surface area contributed by atoms with Crippen LogP contribution >= 0.6 is 0 Å². The third kappa shape index (κ3) is 3.47. The molecule has 0 bridgehead atoms. The van der Waals surface area contributed by atoms with Gasteiger partial charge in [0.25, 0.3) is 5.91 Å². The number of rotatable bonds is 4. The number of nitrogens with one attached hydrogen (secondary N) is 1. The monoisotopic (exact) mass is 310 g/mol. The molecule has 0 saturated carbocycles. The summed E-state index contributed by atoms with van der Waals surface area (Å²) in [6, 6.07) is 13.5. The van der Waals surface area contributed by atoms with Crippen LogP contribution in [-0.2, 0) is 0 Å². The van der Waals surface area contributed by atoms with E-state index in [1.807, 2.05) is 49.4 Å². The number of benzene rings is 2. The molecular weight excluding hydrogens is 288 g/mol. The summed E-state index contributed by atoms with van der Waals surface area (Å²) in [5.41, 5.74) is 3.61. The van der Waals surface area contributed by atoms with Crippen molar-refractivity contribution < 1.29 is 9.53 Å². The Bertz CT molecular complexity index is 689. The fourth-order valence-corrected chi connectivity index (χ4v) is 2.91. The molecule has 1 fully saturated rings. The van der Waals surface area contributed by atoms with Crippen LogP contribution in [0.2, 0.25) is 0 Å². The second-order valence-corrected chi connectivity index (χ2v) is 5.90. The van der Waals surface area contributed by atoms with E-state index in [4.69, 9.17) is 4.74 Å². The van der Waals surface area contributed by atoms with Crippen LogP contribution < -0.4 is 15.0 Å². The third-order valence-corrected chi connectivity index (χ3v) is 4.20. The minimum absolute atomic E-state index is 0.123. The molecule has 0 unspecified atom stereocenters. The first-order valence-electron chi connectivity index (χ1n) is 7.98. The Morgan fingerprint density at radius 2 is 1.78 bits per heavy atom. The molecule has 4 heteroatoms. The number of amides is 1. The summed E-state index contributed by atoms with van der Waals surface area (Å²) >= 11 is 0. The van der Waals surface area contributed by atoms with E-state index in [-0.39, 0.29) is 5.91 Å². The number of nitrogens with zero attached hydrogens (tertiary/aromatic N) is 1. The summed E-state index contributed by atoms with van der Waals surface area (Å²) in [6.07, 6.45) is 2.49. The topological polar surface area (TPSA) is 41.6 Å². The first-order valence-corrected chi connectivity index (χ1v) is 7.98. The lowest BCUT2D eigenvalue weighted by Gasteiger charge is -2.17. The molecule has 1 N–H and O–H groups in total. The molecule has 1 saturated heterocycles. The molecule has 0 spiro atoms. The van der Waals surface area contributed by atoms with E-state index < -0.39 is 0 Å². The standard InChI is InChI=1S/C19H22N2O2/c1-14-5-10-18(23-2)17(13-14)20-19(22)15-6-8-16(9-7-15)21-11-3-4-12-21/h5-10,13H,3-4,11-12H2,1-2H3,(H,20,22). The number of ether oxygens (including phenoxy) is 1. The van der Waals surface area contributed by atoms with Crippen molar-refractivity contribution >= 4 is 17.3 Å². The largest absolute Gasteiger partial charge is 0.495 e. The lowest BCUT2D eigenvalue weighted by molar-refractivity contribution is 0.102. The molecule has 120 valence electrons. The van der Waals surface area contributed by atoms with Gasteiger partial charge in [-0.25, -0.2) is 0 Å². The van der Waals surface area contributed by atoms with Gasteiger partial charge in [0.15, 0.2) is 0 Å². The van der Waals surface area contributed by atoms with Crippen molar-refractivity contribution in [3.05, 3.63) is 53.6 Å². The van der Waals surface area contributed by atoms with Gasteiger partial charge in [0.1, 0.15) is 5.75 Å². The third-order valence-electron chi connectivity index (χ3n) is 4.20. The second kappa shape index (κ2) is 6.73. The fraction of sp³-hybridized carbons (Fsp3) is 0.316. The molecule has 23 heavy (non-hydrogen) atoms. The van der Waals surface area contributed by atoms with Gasteiger partial charge in [-0.1, -0.05) is 6.07 Å². The average Bonchev–Trinajstić information content (AvgIpc) is 3.10. The minimum atomic E-state index is -0.123. The molecule has 1 amide bonds. The Morgan fingerprint density at radius 3 is 2.43 bits per heavy atom. The number of aryl methyl sites for hydroxylation is 1. The summed E-state index contributed by atoms with van der Waals surface area (Å²) < 4.78 is 5.30. The molecule has 3 rings (SSSR count). The molecule has 0 radical (unpaired) electrons. The number of carbonyl (C=O) groups is 1. The maximum atomic E-state index is 12.4. The number of carbonyl (C=O) groups excluding carboxylic acids is 1. The predicted molar refractivity (Wildman–Crippen MR) is 93.6 cm³/mol. The van der Waals surface area contributed by atoms with E-state index in [1.54, 1.807) is 7.11 Å². The van der Waals surface area contributed by atoms with Crippen molar-refractivity contribution in [2.45, 2.75) is 19.8 Å². The summed E-state index contributed by atoms with van der Waals surface area (Å²) in [4.78, 5) is 14.8. The van der Waals surface area contributed by atoms with Gasteiger partial charge in [0, 0.05) is 24.3 Å². The van der Waals surface area contributed by atoms with Crippen LogP contribution in [0.4, 0.5) is 11.4 Å². The van der Waals surface area contributed by atoms with Crippen LogP contribution in [0.3, 0.4) is 0 Å². The van der Waals surface area contributed by atoms with Gasteiger partial charge in [-0.15, -0.1) is 0 Å². The molecule has 1 aliphatic heterocycles. The van der Waals surface area contributed by atoms with Crippen LogP contribution in [0.25, 0.3) is 0 Å². The first kappa shape index (κ1) is 15.4. The van der Waals surface area contributed by atoms with Gasteiger partial charge in [0.2, 0.25) is 0 Å². The van der Waals surface area contributed by atoms with Crippen LogP contribution in [0.5, 0.6) is 5.75 Å². The maximum absolute atomic E-state index is 12.4. The summed E-state index contributed by atoms with van der Waals surface area (Å²) in [5, 5.41) is 2.93. The van der Waals surface area contributed by atoms with E-state index in [0.717, 1.165) is 18.7 Å². The fourth-order valence-electron chi connectivity index (χ4n) is 2.91. The zero-order chi connectivity index (χ0) is 16.2. The highest BCUT2D eigenvalue weighted by molar-refractivity contribution is 6.05. The van der Waals surface area contributed by atoms with Gasteiger partial charge >= 0.3 is 0 Å². The smallest absolute Gasteiger partial charge is 0.255 e. The number of hydrogen-bond acceptors (Lipinski definition) is 3. The Kier molecular flexibility index (Phi) is 4.51. The minimum Gasteiger partial charge on any atom is -0.495 e. The van der Waals surface area contributed by atoms with E-state index in [0.29, 0.717) is 17.0 Å². The summed E-state index contributed by atoms with van der Waals surface area (Å²) in [6.45, 7) is 4.19. The normalized spacial score (nSPS) is 13.9. The molecule has 0 aliphatic carbocycles. The highest BCUT2D eigenvalue weighted by Gasteiger charge is 2.14. The lowest BCUT2D eigenvalue weighted by Crippen LogP contribution is -2.18. The van der Waals surface area contributed by atoms with Crippen LogP contribution in [0, 0.1) is 6.92 Å². The highest BCUT2D eigenvalue weighted by Crippen LogP contribution is 2.26. The van der Waals surface area contributed by atoms with E-state index in [1.165, 1.54) is 18.5 Å². The van der Waals surface area contributed by atoms with Gasteiger partial charge in [0.05, 0.1) is 12.8 Å². The Morgan fingerprint density at radius 1 is 1.09 bits per heavy atom. The van der Waals surface area contributed by atoms with E-state index >= 15 is 0 Å². The van der Waals surface area contributed by atoms with Crippen molar-refractivity contribution in [2.24, 2.45) is 0 Å². The summed E-state index contributed by atoms with van der Waals surface area (Å²) in [7, 11) is 1.60. The first-order chi connectivity index (χ1) is 11.2. The molecule has 4 nitrogen and oxygen atoms in total. The highest BCUT2D eigenvalue weighted by atomic mass is 16.5. The van der Waals surface area contributed by atoms with Crippen molar-refractivity contribution in [2.75, 3.05) is 30.4 Å². The molecule has 0 aromatic heterocycles. The van der Waals surface area contributed by atoms with Crippen LogP contribution in [-0.4, -0.2) is 26.1 Å². The van der Waals surface area contributed by atoms with Crippen LogP contribution in [0.1, 0.15) is 28.8 Å². The number of anilines is 2. The van der Waals surface area contributed by atoms with Crippen molar-refractivity contribution in [3.63, 3.8) is 0 Å². The van der Waals surface area contributed by atoms with Crippen molar-refractivity contribution in [1.29, 1.82) is 0 Å². The molecule has 2 aromatic rings. The predicted octanol–water partition coefficient (Wildman–Crippen LogP) is 3.86. The molecule has 1 aliphatic rings. The summed E-state index contributed by atoms with van der Waals surface area (Å²) in [5.74, 6) is 0.541. The Labute approximate surface area is 137 Å². The van der Waals surface area contributed by atoms with Crippen LogP contribution in [0.15, 0.2) is 42.5 Å². The van der Waals surface area contributed by atoms with Gasteiger partial charge in [-0.3, -0.25) is 4.79 Å². The molecule has 0 atom stereocenters. The molecular formula is C19H22N2O2. The van der Waals surface area contributed by atoms with Crippen molar-refractivity contribution in [1.82, 2.24) is 0 Å². The lowest BCUT2D eigenvalue weighted by atomic mass is 10.1. The molecule has 1 heterocycles. The second-order valence-electron chi connectivity index (χ2n) is 5.90. The van der Waals surface area contributed by atoms with Gasteiger partial charge in [-0.2, -0.15) is 0 Å². The maximum Gasteiger partial charge on any atom is 0.255 e. The SMILES string of the molecule is COc1ccc(C)cc1NC(=O)c1ccc(N2CCCC2)cc1. The van der Waals surface area contributed by atoms with E-state index in [9.17, 15) is 4.79 Å². The Balaban J connectivity index is 1.74. The number of hydrogen-bond donors (Lipinski definition) is 1.